The van der Waals surface area contributed by atoms with E-state index in [0.717, 1.165) is 45.3 Å². The Morgan fingerprint density at radius 2 is 1.75 bits per heavy atom. The monoisotopic (exact) mass is 385 g/mol. The van der Waals surface area contributed by atoms with Gasteiger partial charge in [0.05, 0.1) is 5.41 Å². The van der Waals surface area contributed by atoms with Gasteiger partial charge >= 0.3 is 5.97 Å². The minimum Gasteiger partial charge on any atom is -0.462 e. The highest BCUT2D eigenvalue weighted by molar-refractivity contribution is 5.79. The first-order valence-electron chi connectivity index (χ1n) is 11.3. The number of ether oxygens (including phenoxy) is 1. The lowest BCUT2D eigenvalue weighted by atomic mass is 9.71. The molecule has 3 aliphatic heterocycles. The molecule has 0 bridgehead atoms. The maximum absolute atomic E-state index is 12.4. The van der Waals surface area contributed by atoms with E-state index in [0.29, 0.717) is 5.41 Å². The summed E-state index contributed by atoms with van der Waals surface area (Å²) in [5, 5.41) is 0. The van der Waals surface area contributed by atoms with Crippen LogP contribution in [0.2, 0.25) is 0 Å². The molecule has 1 aliphatic carbocycles. The van der Waals surface area contributed by atoms with E-state index in [4.69, 9.17) is 4.74 Å². The molecule has 5 heteroatoms. The molecule has 1 atom stereocenters. The van der Waals surface area contributed by atoms with Gasteiger partial charge < -0.3 is 14.5 Å². The number of nitrogens with zero attached hydrogens (tertiary/aromatic N) is 3. The normalized spacial score (nSPS) is 27.6. The smallest absolute Gasteiger partial charge is 0.312 e. The van der Waals surface area contributed by atoms with Crippen molar-refractivity contribution >= 4 is 11.7 Å². The Labute approximate surface area is 169 Å². The number of pyridine rings is 1. The third-order valence-corrected chi connectivity index (χ3v) is 7.10. The van der Waals surface area contributed by atoms with Gasteiger partial charge in [-0.15, -0.1) is 0 Å². The Kier molecular flexibility index (Phi) is 5.64. The van der Waals surface area contributed by atoms with Crippen LogP contribution in [0.1, 0.15) is 58.8 Å². The van der Waals surface area contributed by atoms with E-state index in [1.807, 2.05) is 26.2 Å². The van der Waals surface area contributed by atoms with Crippen molar-refractivity contribution in [3.63, 3.8) is 0 Å². The van der Waals surface area contributed by atoms with Crippen LogP contribution in [0.15, 0.2) is 24.5 Å². The van der Waals surface area contributed by atoms with Gasteiger partial charge in [-0.05, 0) is 31.4 Å². The molecule has 1 aromatic heterocycles. The van der Waals surface area contributed by atoms with Crippen molar-refractivity contribution in [3.05, 3.63) is 24.5 Å². The van der Waals surface area contributed by atoms with Crippen LogP contribution in [0.3, 0.4) is 0 Å². The summed E-state index contributed by atoms with van der Waals surface area (Å²) in [5.41, 5.74) is 1.68. The Morgan fingerprint density at radius 3 is 2.43 bits per heavy atom. The zero-order valence-electron chi connectivity index (χ0n) is 17.5. The number of carbonyl (C=O) groups is 1. The van der Waals surface area contributed by atoms with Gasteiger partial charge in [-0.1, -0.05) is 33.1 Å². The number of aromatic nitrogens is 1. The van der Waals surface area contributed by atoms with E-state index < -0.39 is 0 Å². The van der Waals surface area contributed by atoms with Gasteiger partial charge in [-0.25, -0.2) is 0 Å². The van der Waals surface area contributed by atoms with Crippen LogP contribution in [0.4, 0.5) is 5.69 Å². The molecule has 0 aromatic carbocycles. The molecule has 2 spiro atoms. The molecule has 4 aliphatic rings. The number of cyclic esters (lactones) is 1. The zero-order chi connectivity index (χ0) is 19.6. The van der Waals surface area contributed by atoms with Gasteiger partial charge in [0.2, 0.25) is 0 Å². The maximum Gasteiger partial charge on any atom is 0.312 e. The predicted octanol–water partition coefficient (Wildman–Crippen LogP) is 3.89. The second-order valence-electron chi connectivity index (χ2n) is 9.13. The highest BCUT2D eigenvalue weighted by Crippen LogP contribution is 2.47. The van der Waals surface area contributed by atoms with Gasteiger partial charge in [-0.3, -0.25) is 9.78 Å². The van der Waals surface area contributed by atoms with E-state index in [2.05, 4.69) is 26.9 Å². The summed E-state index contributed by atoms with van der Waals surface area (Å²) in [6, 6.07) is 4.19. The molecule has 4 fully saturated rings. The number of rotatable bonds is 4. The van der Waals surface area contributed by atoms with Gasteiger partial charge in [-0.2, -0.15) is 0 Å². The first kappa shape index (κ1) is 19.7. The molecule has 154 valence electrons. The van der Waals surface area contributed by atoms with Crippen molar-refractivity contribution in [2.24, 2.45) is 10.8 Å². The van der Waals surface area contributed by atoms with Gasteiger partial charge in [0, 0.05) is 62.6 Å². The SMILES string of the molecule is CC.O=C1OC(CCN2CC3(C2)CN(c2ccncc2)C3)CC12CCCCC2. The van der Waals surface area contributed by atoms with Crippen LogP contribution in [0, 0.1) is 10.8 Å². The molecule has 5 nitrogen and oxygen atoms in total. The molecular formula is C23H35N3O2. The summed E-state index contributed by atoms with van der Waals surface area (Å²) in [6.07, 6.45) is 11.7. The fourth-order valence-electron chi connectivity index (χ4n) is 5.72. The topological polar surface area (TPSA) is 45.7 Å². The Bertz CT molecular complexity index is 658. The molecule has 28 heavy (non-hydrogen) atoms. The molecule has 1 unspecified atom stereocenters. The van der Waals surface area contributed by atoms with Gasteiger partial charge in [0.1, 0.15) is 6.10 Å². The number of anilines is 1. The van der Waals surface area contributed by atoms with Crippen molar-refractivity contribution in [1.29, 1.82) is 0 Å². The van der Waals surface area contributed by atoms with E-state index in [1.165, 1.54) is 38.0 Å². The summed E-state index contributed by atoms with van der Waals surface area (Å²) in [5.74, 6) is 0.106. The van der Waals surface area contributed by atoms with Crippen LogP contribution < -0.4 is 4.90 Å². The number of likely N-dealkylation sites (tertiary alicyclic amines) is 1. The number of hydrogen-bond acceptors (Lipinski definition) is 5. The Morgan fingerprint density at radius 1 is 1.07 bits per heavy atom. The highest BCUT2D eigenvalue weighted by Gasteiger charge is 2.52. The molecule has 1 aromatic rings. The number of hydrogen-bond donors (Lipinski definition) is 0. The first-order valence-corrected chi connectivity index (χ1v) is 11.3. The number of carbonyl (C=O) groups excluding carboxylic acids is 1. The summed E-state index contributed by atoms with van der Waals surface area (Å²) < 4.78 is 5.76. The average molecular weight is 386 g/mol. The second-order valence-corrected chi connectivity index (χ2v) is 9.13. The fraction of sp³-hybridized carbons (Fsp3) is 0.739. The van der Waals surface area contributed by atoms with Crippen LogP contribution in [-0.4, -0.2) is 54.7 Å². The zero-order valence-corrected chi connectivity index (χ0v) is 17.5. The van der Waals surface area contributed by atoms with Crippen molar-refractivity contribution in [2.45, 2.75) is 64.9 Å². The molecule has 0 N–H and O–H groups in total. The van der Waals surface area contributed by atoms with E-state index in [9.17, 15) is 4.79 Å². The quantitative estimate of drug-likeness (QED) is 0.736. The second kappa shape index (κ2) is 8.02. The molecular weight excluding hydrogens is 350 g/mol. The first-order chi connectivity index (χ1) is 13.7. The molecule has 0 amide bonds. The Balaban J connectivity index is 0.000000932. The molecule has 4 heterocycles. The summed E-state index contributed by atoms with van der Waals surface area (Å²) >= 11 is 0. The van der Waals surface area contributed by atoms with Crippen LogP contribution in [0.25, 0.3) is 0 Å². The van der Waals surface area contributed by atoms with Crippen LogP contribution in [-0.2, 0) is 9.53 Å². The third-order valence-electron chi connectivity index (χ3n) is 7.10. The van der Waals surface area contributed by atoms with Crippen molar-refractivity contribution in [3.8, 4) is 0 Å². The summed E-state index contributed by atoms with van der Waals surface area (Å²) in [6.45, 7) is 9.79. The molecule has 5 rings (SSSR count). The van der Waals surface area contributed by atoms with E-state index >= 15 is 0 Å². The molecule has 0 radical (unpaired) electrons. The van der Waals surface area contributed by atoms with Crippen molar-refractivity contribution < 1.29 is 9.53 Å². The minimum atomic E-state index is -0.113. The fourth-order valence-corrected chi connectivity index (χ4v) is 5.72. The minimum absolute atomic E-state index is 0.106. The van der Waals surface area contributed by atoms with Crippen LogP contribution in [0.5, 0.6) is 0 Å². The highest BCUT2D eigenvalue weighted by atomic mass is 16.6. The molecule has 3 saturated heterocycles. The predicted molar refractivity (Wildman–Crippen MR) is 111 cm³/mol. The van der Waals surface area contributed by atoms with Gasteiger partial charge in [0.15, 0.2) is 0 Å². The number of esters is 1. The lowest BCUT2D eigenvalue weighted by molar-refractivity contribution is -0.150. The van der Waals surface area contributed by atoms with Crippen molar-refractivity contribution in [1.82, 2.24) is 9.88 Å². The largest absolute Gasteiger partial charge is 0.462 e. The van der Waals surface area contributed by atoms with Crippen LogP contribution >= 0.6 is 0 Å². The lowest BCUT2D eigenvalue weighted by Crippen LogP contribution is -2.72. The maximum atomic E-state index is 12.4. The van der Waals surface area contributed by atoms with Gasteiger partial charge in [0.25, 0.3) is 0 Å². The lowest BCUT2D eigenvalue weighted by Gasteiger charge is -2.61. The van der Waals surface area contributed by atoms with E-state index in [1.54, 1.807) is 0 Å². The third kappa shape index (κ3) is 3.66. The van der Waals surface area contributed by atoms with Crippen molar-refractivity contribution in [2.75, 3.05) is 37.6 Å². The standard InChI is InChI=1S/C21H29N3O2.C2H6/c25-19-21(7-2-1-3-8-21)12-18(26-19)6-11-23-13-20(14-23)15-24(16-20)17-4-9-22-10-5-17;1-2/h4-5,9-10,18H,1-3,6-8,11-16H2;1-2H3. The summed E-state index contributed by atoms with van der Waals surface area (Å²) in [7, 11) is 0. The Hall–Kier alpha value is -1.62. The molecule has 1 saturated carbocycles. The summed E-state index contributed by atoms with van der Waals surface area (Å²) in [4.78, 5) is 21.5. The average Bonchev–Trinajstić information content (AvgIpc) is 2.97. The van der Waals surface area contributed by atoms with E-state index in [-0.39, 0.29) is 17.5 Å².